The van der Waals surface area contributed by atoms with Crippen LogP contribution in [0.4, 0.5) is 0 Å². The van der Waals surface area contributed by atoms with E-state index in [0.29, 0.717) is 0 Å². The first-order chi connectivity index (χ1) is 5.34. The van der Waals surface area contributed by atoms with E-state index in [1.165, 1.54) is 38.8 Å². The van der Waals surface area contributed by atoms with Crippen LogP contribution in [0.1, 0.15) is 32.6 Å². The molecule has 2 heteroatoms. The molecule has 1 aliphatic rings. The molecule has 1 nitrogen and oxygen atoms in total. The fourth-order valence-corrected chi connectivity index (χ4v) is 1.93. The maximum absolute atomic E-state index is 4.22. The van der Waals surface area contributed by atoms with Crippen molar-refractivity contribution in [3.63, 3.8) is 0 Å². The predicted molar refractivity (Wildman–Crippen MR) is 53.4 cm³/mol. The average Bonchev–Trinajstić information content (AvgIpc) is 2.52. The molecule has 0 aliphatic carbocycles. The van der Waals surface area contributed by atoms with Gasteiger partial charge < -0.3 is 4.90 Å². The first kappa shape index (κ1) is 9.40. The van der Waals surface area contributed by atoms with Gasteiger partial charge in [0.15, 0.2) is 0 Å². The van der Waals surface area contributed by atoms with Crippen LogP contribution in [-0.2, 0) is 0 Å². The Balaban J connectivity index is 2.12. The van der Waals surface area contributed by atoms with Gasteiger partial charge in [0, 0.05) is 6.04 Å². The minimum Gasteiger partial charge on any atom is -0.301 e. The van der Waals surface area contributed by atoms with Gasteiger partial charge >= 0.3 is 0 Å². The molecule has 0 aromatic heterocycles. The number of nitrogens with zero attached hydrogens (tertiary/aromatic N) is 1. The molecule has 0 saturated carbocycles. The molecule has 66 valence electrons. The monoisotopic (exact) mass is 173 g/mol. The van der Waals surface area contributed by atoms with Crippen LogP contribution in [0.5, 0.6) is 0 Å². The SMILES string of the molecule is CC(CCCS)N1CCCC1. The van der Waals surface area contributed by atoms with Crippen LogP contribution < -0.4 is 0 Å². The van der Waals surface area contributed by atoms with Crippen LogP contribution in [0, 0.1) is 0 Å². The Morgan fingerprint density at radius 1 is 1.36 bits per heavy atom. The highest BCUT2D eigenvalue weighted by molar-refractivity contribution is 7.80. The molecule has 1 fully saturated rings. The van der Waals surface area contributed by atoms with E-state index in [2.05, 4.69) is 24.5 Å². The molecule has 0 amide bonds. The van der Waals surface area contributed by atoms with E-state index in [4.69, 9.17) is 0 Å². The molecule has 1 saturated heterocycles. The van der Waals surface area contributed by atoms with Crippen LogP contribution >= 0.6 is 12.6 Å². The van der Waals surface area contributed by atoms with E-state index in [0.717, 1.165) is 11.8 Å². The molecule has 0 radical (unpaired) electrons. The Kier molecular flexibility index (Phi) is 4.31. The zero-order chi connectivity index (χ0) is 8.10. The number of rotatable bonds is 4. The van der Waals surface area contributed by atoms with Crippen molar-refractivity contribution in [2.75, 3.05) is 18.8 Å². The predicted octanol–water partition coefficient (Wildman–Crippen LogP) is 2.18. The summed E-state index contributed by atoms with van der Waals surface area (Å²) in [5.74, 6) is 1.04. The second kappa shape index (κ2) is 5.04. The molecule has 0 aromatic carbocycles. The van der Waals surface area contributed by atoms with Crippen molar-refractivity contribution in [2.45, 2.75) is 38.6 Å². The molecule has 1 heterocycles. The Hall–Kier alpha value is 0.310. The van der Waals surface area contributed by atoms with Gasteiger partial charge in [0.25, 0.3) is 0 Å². The summed E-state index contributed by atoms with van der Waals surface area (Å²) in [6, 6.07) is 0.796. The van der Waals surface area contributed by atoms with Crippen LogP contribution in [0.2, 0.25) is 0 Å². The number of likely N-dealkylation sites (tertiary alicyclic amines) is 1. The topological polar surface area (TPSA) is 3.24 Å². The largest absolute Gasteiger partial charge is 0.301 e. The average molecular weight is 173 g/mol. The maximum Gasteiger partial charge on any atom is 0.00672 e. The van der Waals surface area contributed by atoms with Crippen molar-refractivity contribution in [1.82, 2.24) is 4.90 Å². The Labute approximate surface area is 75.6 Å². The standard InChI is InChI=1S/C9H19NS/c1-9(5-4-8-11)10-6-2-3-7-10/h9,11H,2-8H2,1H3. The van der Waals surface area contributed by atoms with Crippen molar-refractivity contribution >= 4 is 12.6 Å². The molecule has 11 heavy (non-hydrogen) atoms. The van der Waals surface area contributed by atoms with E-state index in [1.807, 2.05) is 0 Å². The normalized spacial score (nSPS) is 22.4. The van der Waals surface area contributed by atoms with Gasteiger partial charge in [0.1, 0.15) is 0 Å². The van der Waals surface area contributed by atoms with Gasteiger partial charge in [-0.3, -0.25) is 0 Å². The highest BCUT2D eigenvalue weighted by Gasteiger charge is 2.16. The van der Waals surface area contributed by atoms with Crippen molar-refractivity contribution < 1.29 is 0 Å². The smallest absolute Gasteiger partial charge is 0.00672 e. The Morgan fingerprint density at radius 2 is 2.00 bits per heavy atom. The summed E-state index contributed by atoms with van der Waals surface area (Å²) in [7, 11) is 0. The van der Waals surface area contributed by atoms with E-state index in [-0.39, 0.29) is 0 Å². The molecule has 0 spiro atoms. The van der Waals surface area contributed by atoms with Gasteiger partial charge in [0.2, 0.25) is 0 Å². The Bertz CT molecular complexity index is 99.7. The highest BCUT2D eigenvalue weighted by atomic mass is 32.1. The summed E-state index contributed by atoms with van der Waals surface area (Å²) in [5, 5.41) is 0. The van der Waals surface area contributed by atoms with Gasteiger partial charge in [-0.2, -0.15) is 12.6 Å². The molecule has 1 atom stereocenters. The fourth-order valence-electron chi connectivity index (χ4n) is 1.75. The lowest BCUT2D eigenvalue weighted by atomic mass is 10.2. The summed E-state index contributed by atoms with van der Waals surface area (Å²) < 4.78 is 0. The van der Waals surface area contributed by atoms with Crippen molar-refractivity contribution in [3.05, 3.63) is 0 Å². The molecule has 0 N–H and O–H groups in total. The van der Waals surface area contributed by atoms with Crippen LogP contribution in [-0.4, -0.2) is 29.8 Å². The van der Waals surface area contributed by atoms with E-state index < -0.39 is 0 Å². The summed E-state index contributed by atoms with van der Waals surface area (Å²) in [6.07, 6.45) is 5.40. The molecule has 1 rings (SSSR count). The third kappa shape index (κ3) is 3.04. The zero-order valence-corrected chi connectivity index (χ0v) is 8.32. The van der Waals surface area contributed by atoms with E-state index >= 15 is 0 Å². The number of thiol groups is 1. The third-order valence-corrected chi connectivity index (χ3v) is 2.86. The summed E-state index contributed by atoms with van der Waals surface area (Å²) in [6.45, 7) is 5.00. The molecular weight excluding hydrogens is 154 g/mol. The summed E-state index contributed by atoms with van der Waals surface area (Å²) >= 11 is 4.22. The van der Waals surface area contributed by atoms with Gasteiger partial charge in [-0.05, 0) is 51.4 Å². The van der Waals surface area contributed by atoms with Gasteiger partial charge in [-0.1, -0.05) is 0 Å². The van der Waals surface area contributed by atoms with Crippen molar-refractivity contribution in [1.29, 1.82) is 0 Å². The summed E-state index contributed by atoms with van der Waals surface area (Å²) in [5.41, 5.74) is 0. The first-order valence-corrected chi connectivity index (χ1v) is 5.32. The number of hydrogen-bond acceptors (Lipinski definition) is 2. The zero-order valence-electron chi connectivity index (χ0n) is 7.42. The van der Waals surface area contributed by atoms with E-state index in [1.54, 1.807) is 0 Å². The number of hydrogen-bond donors (Lipinski definition) is 1. The molecule has 0 aromatic rings. The van der Waals surface area contributed by atoms with Gasteiger partial charge in [0.05, 0.1) is 0 Å². The third-order valence-electron chi connectivity index (χ3n) is 2.54. The van der Waals surface area contributed by atoms with Crippen LogP contribution in [0.3, 0.4) is 0 Å². The highest BCUT2D eigenvalue weighted by Crippen LogP contribution is 2.14. The lowest BCUT2D eigenvalue weighted by Gasteiger charge is -2.23. The maximum atomic E-state index is 4.22. The summed E-state index contributed by atoms with van der Waals surface area (Å²) in [4.78, 5) is 2.60. The molecule has 0 bridgehead atoms. The van der Waals surface area contributed by atoms with Crippen molar-refractivity contribution in [3.8, 4) is 0 Å². The first-order valence-electron chi connectivity index (χ1n) is 4.69. The van der Waals surface area contributed by atoms with Gasteiger partial charge in [-0.15, -0.1) is 0 Å². The lowest BCUT2D eigenvalue weighted by molar-refractivity contribution is 0.246. The minimum absolute atomic E-state index is 0.796. The fraction of sp³-hybridized carbons (Fsp3) is 1.00. The second-order valence-electron chi connectivity index (χ2n) is 3.46. The van der Waals surface area contributed by atoms with E-state index in [9.17, 15) is 0 Å². The van der Waals surface area contributed by atoms with Gasteiger partial charge in [-0.25, -0.2) is 0 Å². The van der Waals surface area contributed by atoms with Crippen LogP contribution in [0.25, 0.3) is 0 Å². The second-order valence-corrected chi connectivity index (χ2v) is 3.91. The molecule has 1 unspecified atom stereocenters. The lowest BCUT2D eigenvalue weighted by Crippen LogP contribution is -2.29. The van der Waals surface area contributed by atoms with Crippen LogP contribution in [0.15, 0.2) is 0 Å². The Morgan fingerprint density at radius 3 is 2.55 bits per heavy atom. The minimum atomic E-state index is 0.796. The molecular formula is C9H19NS. The molecule has 1 aliphatic heterocycles. The van der Waals surface area contributed by atoms with Crippen molar-refractivity contribution in [2.24, 2.45) is 0 Å². The quantitative estimate of drug-likeness (QED) is 0.638.